The fourth-order valence-electron chi connectivity index (χ4n) is 1.92. The number of ether oxygens (including phenoxy) is 1. The summed E-state index contributed by atoms with van der Waals surface area (Å²) in [7, 11) is -2.27. The fraction of sp³-hybridized carbons (Fsp3) is 0.143. The van der Waals surface area contributed by atoms with Crippen LogP contribution in [-0.2, 0) is 10.0 Å². The summed E-state index contributed by atoms with van der Waals surface area (Å²) in [6.45, 7) is 1.66. The smallest absolute Gasteiger partial charge is 0.271 e. The van der Waals surface area contributed by atoms with Gasteiger partial charge in [-0.25, -0.2) is 8.42 Å². The van der Waals surface area contributed by atoms with Crippen LogP contribution in [0.25, 0.3) is 11.5 Å². The molecule has 0 aliphatic heterocycles. The van der Waals surface area contributed by atoms with E-state index < -0.39 is 10.0 Å². The van der Waals surface area contributed by atoms with Gasteiger partial charge in [0.1, 0.15) is 9.96 Å². The van der Waals surface area contributed by atoms with E-state index in [2.05, 4.69) is 14.9 Å². The molecule has 3 rings (SSSR count). The first kappa shape index (κ1) is 16.7. The highest BCUT2D eigenvalue weighted by atomic mass is 35.5. The van der Waals surface area contributed by atoms with Gasteiger partial charge in [-0.2, -0.15) is 0 Å². The normalized spacial score (nSPS) is 11.5. The van der Waals surface area contributed by atoms with E-state index in [9.17, 15) is 8.42 Å². The third-order valence-electron chi connectivity index (χ3n) is 3.02. The molecule has 0 radical (unpaired) electrons. The molecule has 0 bridgehead atoms. The van der Waals surface area contributed by atoms with E-state index in [0.717, 1.165) is 11.3 Å². The largest absolute Gasteiger partial charge is 0.495 e. The summed E-state index contributed by atoms with van der Waals surface area (Å²) in [6, 6.07) is 6.11. The third-order valence-corrected chi connectivity index (χ3v) is 6.13. The fourth-order valence-corrected chi connectivity index (χ4v) is 4.38. The highest BCUT2D eigenvalue weighted by Crippen LogP contribution is 2.31. The Morgan fingerprint density at radius 2 is 2.08 bits per heavy atom. The number of halogens is 1. The van der Waals surface area contributed by atoms with Crippen LogP contribution < -0.4 is 9.46 Å². The van der Waals surface area contributed by atoms with E-state index in [1.807, 2.05) is 0 Å². The Bertz CT molecular complexity index is 982. The summed E-state index contributed by atoms with van der Waals surface area (Å²) in [4.78, 5) is 0. The molecule has 7 nitrogen and oxygen atoms in total. The van der Waals surface area contributed by atoms with Crippen LogP contribution in [0.2, 0.25) is 5.02 Å². The van der Waals surface area contributed by atoms with E-state index >= 15 is 0 Å². The zero-order chi connectivity index (χ0) is 17.3. The minimum atomic E-state index is -3.75. The first-order valence-electron chi connectivity index (χ1n) is 6.64. The first-order chi connectivity index (χ1) is 11.4. The maximum Gasteiger partial charge on any atom is 0.271 e. The Hall–Kier alpha value is -2.10. The van der Waals surface area contributed by atoms with Crippen molar-refractivity contribution in [1.82, 2.24) is 10.2 Å². The van der Waals surface area contributed by atoms with E-state index in [4.69, 9.17) is 20.8 Å². The maximum absolute atomic E-state index is 12.5. The Balaban J connectivity index is 1.86. The lowest BCUT2D eigenvalue weighted by molar-refractivity contribution is 0.415. The minimum Gasteiger partial charge on any atom is -0.495 e. The van der Waals surface area contributed by atoms with Crippen molar-refractivity contribution < 1.29 is 17.6 Å². The Morgan fingerprint density at radius 1 is 1.29 bits per heavy atom. The van der Waals surface area contributed by atoms with Crippen molar-refractivity contribution in [3.05, 3.63) is 40.6 Å². The number of hydrogen-bond acceptors (Lipinski definition) is 7. The number of nitrogens with zero attached hydrogens (tertiary/aromatic N) is 2. The van der Waals surface area contributed by atoms with Gasteiger partial charge >= 0.3 is 0 Å². The van der Waals surface area contributed by atoms with Crippen LogP contribution in [0.5, 0.6) is 5.75 Å². The summed E-state index contributed by atoms with van der Waals surface area (Å²) >= 11 is 7.06. The molecule has 10 heteroatoms. The number of nitrogens with one attached hydrogen (secondary N) is 1. The second-order valence-corrected chi connectivity index (χ2v) is 7.96. The SMILES string of the molecule is COc1ccc(NS(=O)(=O)c2cc(-c3nnc(C)o3)cs2)cc1Cl. The van der Waals surface area contributed by atoms with Gasteiger partial charge in [0.25, 0.3) is 10.0 Å². The average molecular weight is 386 g/mol. The zero-order valence-corrected chi connectivity index (χ0v) is 15.0. The van der Waals surface area contributed by atoms with Crippen molar-refractivity contribution in [2.45, 2.75) is 11.1 Å². The number of aryl methyl sites for hydroxylation is 1. The molecule has 0 amide bonds. The predicted molar refractivity (Wildman–Crippen MR) is 91.2 cm³/mol. The van der Waals surface area contributed by atoms with Gasteiger partial charge in [-0.1, -0.05) is 11.6 Å². The molecule has 0 spiro atoms. The van der Waals surface area contributed by atoms with Crippen LogP contribution in [0, 0.1) is 6.92 Å². The molecule has 0 fully saturated rings. The van der Waals surface area contributed by atoms with E-state index in [-0.39, 0.29) is 10.1 Å². The standard InChI is InChI=1S/C14H12ClN3O4S2/c1-8-16-17-14(22-8)9-5-13(23-7-9)24(19,20)18-10-3-4-12(21-2)11(15)6-10/h3-7,18H,1-2H3. The molecule has 0 atom stereocenters. The average Bonchev–Trinajstić information content (AvgIpc) is 3.16. The number of methoxy groups -OCH3 is 1. The number of anilines is 1. The predicted octanol–water partition coefficient (Wildman–Crippen LogP) is 3.57. The van der Waals surface area contributed by atoms with Gasteiger partial charge in [-0.15, -0.1) is 21.5 Å². The highest BCUT2D eigenvalue weighted by Gasteiger charge is 2.19. The van der Waals surface area contributed by atoms with Crippen molar-refractivity contribution in [3.63, 3.8) is 0 Å². The lowest BCUT2D eigenvalue weighted by atomic mass is 10.3. The maximum atomic E-state index is 12.5. The van der Waals surface area contributed by atoms with Gasteiger partial charge in [0.2, 0.25) is 11.8 Å². The highest BCUT2D eigenvalue weighted by molar-refractivity contribution is 7.94. The first-order valence-corrected chi connectivity index (χ1v) is 9.38. The second kappa shape index (κ2) is 6.42. The summed E-state index contributed by atoms with van der Waals surface area (Å²) in [6.07, 6.45) is 0. The van der Waals surface area contributed by atoms with Crippen LogP contribution in [0.4, 0.5) is 5.69 Å². The van der Waals surface area contributed by atoms with Crippen molar-refractivity contribution in [2.75, 3.05) is 11.8 Å². The Morgan fingerprint density at radius 3 is 2.71 bits per heavy atom. The van der Waals surface area contributed by atoms with Crippen LogP contribution >= 0.6 is 22.9 Å². The molecule has 126 valence electrons. The molecule has 3 aromatic rings. The number of thiophene rings is 1. The molecule has 0 unspecified atom stereocenters. The molecule has 0 aliphatic carbocycles. The van der Waals surface area contributed by atoms with Gasteiger partial charge in [0.05, 0.1) is 23.4 Å². The lowest BCUT2D eigenvalue weighted by Gasteiger charge is -2.08. The molecular formula is C14H12ClN3O4S2. The van der Waals surface area contributed by atoms with E-state index in [0.29, 0.717) is 27.9 Å². The molecule has 0 saturated carbocycles. The topological polar surface area (TPSA) is 94.3 Å². The number of hydrogen-bond donors (Lipinski definition) is 1. The number of sulfonamides is 1. The van der Waals surface area contributed by atoms with Gasteiger partial charge < -0.3 is 9.15 Å². The number of benzene rings is 1. The summed E-state index contributed by atoms with van der Waals surface area (Å²) < 4.78 is 37.9. The van der Waals surface area contributed by atoms with Crippen LogP contribution in [-0.4, -0.2) is 25.7 Å². The molecule has 0 saturated heterocycles. The van der Waals surface area contributed by atoms with Gasteiger partial charge in [-0.05, 0) is 24.3 Å². The van der Waals surface area contributed by atoms with Crippen molar-refractivity contribution in [1.29, 1.82) is 0 Å². The van der Waals surface area contributed by atoms with Crippen molar-refractivity contribution in [3.8, 4) is 17.2 Å². The third kappa shape index (κ3) is 3.37. The number of rotatable bonds is 5. The van der Waals surface area contributed by atoms with Crippen LogP contribution in [0.3, 0.4) is 0 Å². The summed E-state index contributed by atoms with van der Waals surface area (Å²) in [5.41, 5.74) is 0.887. The van der Waals surface area contributed by atoms with E-state index in [1.165, 1.54) is 19.2 Å². The van der Waals surface area contributed by atoms with Gasteiger partial charge in [-0.3, -0.25) is 4.72 Å². The quantitative estimate of drug-likeness (QED) is 0.721. The molecule has 1 N–H and O–H groups in total. The monoisotopic (exact) mass is 385 g/mol. The van der Waals surface area contributed by atoms with Crippen LogP contribution in [0.1, 0.15) is 5.89 Å². The summed E-state index contributed by atoms with van der Waals surface area (Å²) in [5.74, 6) is 1.15. The number of aromatic nitrogens is 2. The minimum absolute atomic E-state index is 0.125. The Labute approximate surface area is 147 Å². The van der Waals surface area contributed by atoms with E-state index in [1.54, 1.807) is 24.4 Å². The Kier molecular flexibility index (Phi) is 4.48. The van der Waals surface area contributed by atoms with Crippen molar-refractivity contribution in [2.24, 2.45) is 0 Å². The molecular weight excluding hydrogens is 374 g/mol. The lowest BCUT2D eigenvalue weighted by Crippen LogP contribution is -2.11. The van der Waals surface area contributed by atoms with Gasteiger partial charge in [0, 0.05) is 12.3 Å². The zero-order valence-electron chi connectivity index (χ0n) is 12.6. The molecule has 24 heavy (non-hydrogen) atoms. The molecule has 2 aromatic heterocycles. The second-order valence-electron chi connectivity index (χ2n) is 4.74. The van der Waals surface area contributed by atoms with Crippen molar-refractivity contribution >= 4 is 38.6 Å². The summed E-state index contributed by atoms with van der Waals surface area (Å²) in [5, 5.41) is 9.55. The molecule has 2 heterocycles. The molecule has 1 aromatic carbocycles. The van der Waals surface area contributed by atoms with Gasteiger partial charge in [0.15, 0.2) is 0 Å². The van der Waals surface area contributed by atoms with Crippen LogP contribution in [0.15, 0.2) is 38.3 Å². The molecule has 0 aliphatic rings.